The molecule has 0 saturated carbocycles. The number of nitrogens with zero attached hydrogens (tertiary/aromatic N) is 5. The second kappa shape index (κ2) is 13.5. The van der Waals surface area contributed by atoms with E-state index in [0.29, 0.717) is 30.2 Å². The molecule has 0 radical (unpaired) electrons. The molecule has 0 aliphatic carbocycles. The molecule has 12 heteroatoms. The third kappa shape index (κ3) is 7.34. The van der Waals surface area contributed by atoms with Gasteiger partial charge >= 0.3 is 5.69 Å². The van der Waals surface area contributed by atoms with Gasteiger partial charge in [-0.15, -0.1) is 0 Å². The molecule has 3 aliphatic rings. The SMILES string of the molecule is [2H]C[C@H]1O[C@@H](n2ccc(/N=C3/CCCN3C)nc2=O)CC1OP(OCCSC(=O)c1ccccc1)N1CCCC1. The quantitative estimate of drug-likeness (QED) is 0.298. The number of benzene rings is 1. The molecule has 5 rings (SSSR count). The minimum Gasteiger partial charge on any atom is -0.363 e. The summed E-state index contributed by atoms with van der Waals surface area (Å²) in [5, 5.41) is 0.0173. The Bertz CT molecular complexity index is 1230. The van der Waals surface area contributed by atoms with Crippen LogP contribution in [0.15, 0.2) is 52.4 Å². The van der Waals surface area contributed by atoms with Crippen molar-refractivity contribution in [1.82, 2.24) is 19.1 Å². The monoisotopic (exact) mass is 574 g/mol. The maximum atomic E-state index is 12.9. The van der Waals surface area contributed by atoms with Gasteiger partial charge in [-0.1, -0.05) is 42.1 Å². The molecule has 2 unspecified atom stereocenters. The number of amidine groups is 1. The van der Waals surface area contributed by atoms with Crippen molar-refractivity contribution in [3.05, 3.63) is 58.6 Å². The number of carbonyl (C=O) groups is 1. The van der Waals surface area contributed by atoms with Crippen LogP contribution < -0.4 is 5.69 Å². The molecule has 3 aliphatic heterocycles. The number of rotatable bonds is 10. The first-order chi connectivity index (χ1) is 19.5. The second-order valence-corrected chi connectivity index (χ2v) is 12.3. The minimum absolute atomic E-state index is 0.00597. The highest BCUT2D eigenvalue weighted by molar-refractivity contribution is 8.14. The van der Waals surface area contributed by atoms with Gasteiger partial charge in [-0.05, 0) is 32.2 Å². The normalized spacial score (nSPS) is 25.9. The summed E-state index contributed by atoms with van der Waals surface area (Å²) in [6.07, 6.45) is 4.69. The average molecular weight is 575 g/mol. The standard InChI is InChI=1S/C27H36N5O5PS/c1-20-22(19-25(36-20)32-16-12-23(29-27(32)34)28-24-11-8-13-30(24)2)37-38(31-14-6-7-15-31)35-17-18-39-26(33)21-9-4-3-5-10-21/h3-5,9-10,12,16,20,22,25H,6-8,11,13-15,17-19H2,1-2H3/b28-24-/t20-,22?,25-,38?/m1/s1/i1D. The molecular weight excluding hydrogens is 537 g/mol. The fourth-order valence-electron chi connectivity index (χ4n) is 4.80. The van der Waals surface area contributed by atoms with Gasteiger partial charge in [0.2, 0.25) is 5.12 Å². The van der Waals surface area contributed by atoms with E-state index in [1.165, 1.54) is 16.3 Å². The van der Waals surface area contributed by atoms with Crippen LogP contribution in [0.5, 0.6) is 0 Å². The number of hydrogen-bond donors (Lipinski definition) is 0. The Morgan fingerprint density at radius 2 is 2.05 bits per heavy atom. The van der Waals surface area contributed by atoms with Crippen molar-refractivity contribution in [3.8, 4) is 0 Å². The lowest BCUT2D eigenvalue weighted by molar-refractivity contribution is -0.00787. The van der Waals surface area contributed by atoms with Crippen LogP contribution in [-0.2, 0) is 13.8 Å². The highest BCUT2D eigenvalue weighted by atomic mass is 32.2. The van der Waals surface area contributed by atoms with E-state index < -0.39 is 32.7 Å². The summed E-state index contributed by atoms with van der Waals surface area (Å²) < 4.78 is 30.5. The lowest BCUT2D eigenvalue weighted by Crippen LogP contribution is -2.26. The molecule has 1 aromatic heterocycles. The first kappa shape index (κ1) is 27.1. The first-order valence-corrected chi connectivity index (χ1v) is 15.5. The van der Waals surface area contributed by atoms with Crippen molar-refractivity contribution in [2.24, 2.45) is 4.99 Å². The largest absolute Gasteiger partial charge is 0.363 e. The Morgan fingerprint density at radius 1 is 1.23 bits per heavy atom. The van der Waals surface area contributed by atoms with Crippen LogP contribution in [0.25, 0.3) is 0 Å². The molecule has 0 N–H and O–H groups in total. The van der Waals surface area contributed by atoms with Gasteiger partial charge in [0, 0.05) is 58.4 Å². The van der Waals surface area contributed by atoms with E-state index in [2.05, 4.69) is 19.5 Å². The molecular formula is C27H36N5O5PS. The number of hydrogen-bond acceptors (Lipinski definition) is 9. The van der Waals surface area contributed by atoms with Crippen molar-refractivity contribution >= 4 is 37.1 Å². The summed E-state index contributed by atoms with van der Waals surface area (Å²) in [5.41, 5.74) is 0.240. The van der Waals surface area contributed by atoms with Gasteiger partial charge in [0.15, 0.2) is 5.82 Å². The van der Waals surface area contributed by atoms with Crippen molar-refractivity contribution in [2.75, 3.05) is 39.0 Å². The first-order valence-electron chi connectivity index (χ1n) is 14.1. The molecule has 3 saturated heterocycles. The van der Waals surface area contributed by atoms with Crippen molar-refractivity contribution in [1.29, 1.82) is 0 Å². The Kier molecular flexibility index (Phi) is 9.35. The number of likely N-dealkylation sites (tertiary alicyclic amines) is 1. The molecule has 210 valence electrons. The Morgan fingerprint density at radius 3 is 2.77 bits per heavy atom. The van der Waals surface area contributed by atoms with E-state index in [-0.39, 0.29) is 12.0 Å². The van der Waals surface area contributed by atoms with Gasteiger partial charge in [-0.2, -0.15) is 4.98 Å². The summed E-state index contributed by atoms with van der Waals surface area (Å²) in [5.74, 6) is 1.84. The minimum atomic E-state index is -1.38. The maximum absolute atomic E-state index is 12.9. The summed E-state index contributed by atoms with van der Waals surface area (Å²) in [4.78, 5) is 36.1. The van der Waals surface area contributed by atoms with Gasteiger partial charge in [-0.3, -0.25) is 9.36 Å². The Labute approximate surface area is 236 Å². The van der Waals surface area contributed by atoms with Crippen LogP contribution in [0.2, 0.25) is 0 Å². The molecule has 2 aromatic rings. The van der Waals surface area contributed by atoms with E-state index in [4.69, 9.17) is 15.2 Å². The summed E-state index contributed by atoms with van der Waals surface area (Å²) in [7, 11) is 0.607. The fourth-order valence-corrected chi connectivity index (χ4v) is 7.25. The highest BCUT2D eigenvalue weighted by Gasteiger charge is 2.38. The van der Waals surface area contributed by atoms with E-state index in [1.54, 1.807) is 12.3 Å². The lowest BCUT2D eigenvalue weighted by atomic mass is 10.2. The fraction of sp³-hybridized carbons (Fsp3) is 0.556. The molecule has 0 spiro atoms. The molecule has 1 aromatic carbocycles. The van der Waals surface area contributed by atoms with Crippen molar-refractivity contribution in [2.45, 2.75) is 57.4 Å². The van der Waals surface area contributed by atoms with Crippen LogP contribution in [-0.4, -0.2) is 81.3 Å². The van der Waals surface area contributed by atoms with Crippen LogP contribution in [0.4, 0.5) is 5.82 Å². The number of aromatic nitrogens is 2. The van der Waals surface area contributed by atoms with Crippen LogP contribution >= 0.6 is 20.3 Å². The highest BCUT2D eigenvalue weighted by Crippen LogP contribution is 2.49. The van der Waals surface area contributed by atoms with Gasteiger partial charge in [0.25, 0.3) is 8.53 Å². The number of ether oxygens (including phenoxy) is 1. The lowest BCUT2D eigenvalue weighted by Gasteiger charge is -2.28. The zero-order valence-electron chi connectivity index (χ0n) is 23.2. The van der Waals surface area contributed by atoms with E-state index in [9.17, 15) is 9.59 Å². The van der Waals surface area contributed by atoms with Crippen molar-refractivity contribution < 1.29 is 19.9 Å². The number of carbonyl (C=O) groups excluding carboxylic acids is 1. The molecule has 39 heavy (non-hydrogen) atoms. The summed E-state index contributed by atoms with van der Waals surface area (Å²) in [6, 6.07) is 10.9. The molecule has 0 amide bonds. The second-order valence-electron chi connectivity index (χ2n) is 9.77. The zero-order chi connectivity index (χ0) is 27.9. The number of aliphatic imine (C=N–C) groups is 1. The molecule has 4 atom stereocenters. The summed E-state index contributed by atoms with van der Waals surface area (Å²) in [6.45, 7) is 3.10. The van der Waals surface area contributed by atoms with Crippen LogP contribution in [0, 0.1) is 0 Å². The van der Waals surface area contributed by atoms with Crippen molar-refractivity contribution in [3.63, 3.8) is 0 Å². The van der Waals surface area contributed by atoms with E-state index in [1.807, 2.05) is 37.4 Å². The van der Waals surface area contributed by atoms with Crippen LogP contribution in [0.1, 0.15) is 57.0 Å². The third-order valence-electron chi connectivity index (χ3n) is 6.95. The molecule has 10 nitrogen and oxygen atoms in total. The smallest absolute Gasteiger partial charge is 0.351 e. The van der Waals surface area contributed by atoms with E-state index in [0.717, 1.165) is 51.2 Å². The van der Waals surface area contributed by atoms with Crippen LogP contribution in [0.3, 0.4) is 0 Å². The Hall–Kier alpha value is -2.14. The average Bonchev–Trinajstić information content (AvgIpc) is 3.73. The predicted molar refractivity (Wildman–Crippen MR) is 153 cm³/mol. The predicted octanol–water partition coefficient (Wildman–Crippen LogP) is 4.60. The van der Waals surface area contributed by atoms with Gasteiger partial charge < -0.3 is 18.7 Å². The maximum Gasteiger partial charge on any atom is 0.351 e. The third-order valence-corrected chi connectivity index (χ3v) is 9.54. The number of thioether (sulfide) groups is 1. The van der Waals surface area contributed by atoms with Gasteiger partial charge in [0.05, 0.1) is 18.8 Å². The van der Waals surface area contributed by atoms with Gasteiger partial charge in [-0.25, -0.2) is 14.5 Å². The topological polar surface area (TPSA) is 98.5 Å². The zero-order valence-corrected chi connectivity index (χ0v) is 23.9. The van der Waals surface area contributed by atoms with E-state index >= 15 is 0 Å². The Balaban J connectivity index is 1.20. The molecule has 4 heterocycles. The van der Waals surface area contributed by atoms with Gasteiger partial charge in [0.1, 0.15) is 12.1 Å². The molecule has 3 fully saturated rings. The summed E-state index contributed by atoms with van der Waals surface area (Å²) >= 11 is 1.23. The molecule has 0 bridgehead atoms.